The Hall–Kier alpha value is -1.95. The minimum absolute atomic E-state index is 0.242. The molecule has 6 heteroatoms. The van der Waals surface area contributed by atoms with Crippen LogP contribution in [0.2, 0.25) is 0 Å². The number of hydrogen-bond acceptors (Lipinski definition) is 5. The van der Waals surface area contributed by atoms with E-state index < -0.39 is 5.60 Å². The quantitative estimate of drug-likeness (QED) is 0.938. The van der Waals surface area contributed by atoms with Gasteiger partial charge in [0.15, 0.2) is 0 Å². The molecule has 0 amide bonds. The Bertz CT molecular complexity index is 669. The summed E-state index contributed by atoms with van der Waals surface area (Å²) < 4.78 is 1.80. The summed E-state index contributed by atoms with van der Waals surface area (Å²) in [7, 11) is 0. The molecule has 2 aromatic rings. The van der Waals surface area contributed by atoms with Crippen molar-refractivity contribution in [3.05, 3.63) is 35.9 Å². The van der Waals surface area contributed by atoms with E-state index in [2.05, 4.69) is 47.0 Å². The molecule has 1 atom stereocenters. The summed E-state index contributed by atoms with van der Waals surface area (Å²) in [6, 6.07) is 4.36. The standard InChI is InChI=1S/C17H25N5O/c1-4-14-10-15(6-8-18-14)21-9-5-7-17(23,12-21)16-11-22(13(2)3)20-19-16/h6,8,10-11,13,23H,4-5,7,9,12H2,1-3H3. The first-order valence-corrected chi connectivity index (χ1v) is 8.36. The van der Waals surface area contributed by atoms with Gasteiger partial charge in [-0.2, -0.15) is 0 Å². The lowest BCUT2D eigenvalue weighted by Gasteiger charge is -2.39. The van der Waals surface area contributed by atoms with Gasteiger partial charge in [-0.05, 0) is 45.2 Å². The number of nitrogens with zero attached hydrogens (tertiary/aromatic N) is 5. The maximum Gasteiger partial charge on any atom is 0.127 e. The van der Waals surface area contributed by atoms with E-state index in [1.165, 1.54) is 0 Å². The number of piperidine rings is 1. The minimum Gasteiger partial charge on any atom is -0.382 e. The highest BCUT2D eigenvalue weighted by atomic mass is 16.3. The summed E-state index contributed by atoms with van der Waals surface area (Å²) in [6.45, 7) is 7.69. The molecule has 3 rings (SSSR count). The van der Waals surface area contributed by atoms with Gasteiger partial charge in [-0.1, -0.05) is 12.1 Å². The molecule has 0 aliphatic carbocycles. The van der Waals surface area contributed by atoms with Crippen molar-refractivity contribution in [3.8, 4) is 0 Å². The van der Waals surface area contributed by atoms with E-state index in [-0.39, 0.29) is 6.04 Å². The molecule has 1 N–H and O–H groups in total. The summed E-state index contributed by atoms with van der Waals surface area (Å²) in [5.74, 6) is 0. The number of anilines is 1. The second kappa shape index (κ2) is 6.28. The van der Waals surface area contributed by atoms with Crippen LogP contribution in [-0.4, -0.2) is 38.2 Å². The molecule has 0 radical (unpaired) electrons. The molecule has 1 aliphatic heterocycles. The van der Waals surface area contributed by atoms with Crippen molar-refractivity contribution in [2.24, 2.45) is 0 Å². The Morgan fingerprint density at radius 2 is 2.22 bits per heavy atom. The summed E-state index contributed by atoms with van der Waals surface area (Å²) in [4.78, 5) is 6.58. The van der Waals surface area contributed by atoms with Gasteiger partial charge in [0.2, 0.25) is 0 Å². The van der Waals surface area contributed by atoms with Crippen LogP contribution < -0.4 is 4.90 Å². The van der Waals surface area contributed by atoms with Crippen molar-refractivity contribution in [1.29, 1.82) is 0 Å². The molecule has 1 saturated heterocycles. The maximum absolute atomic E-state index is 11.1. The van der Waals surface area contributed by atoms with Gasteiger partial charge in [0.1, 0.15) is 11.3 Å². The Balaban J connectivity index is 1.83. The van der Waals surface area contributed by atoms with Crippen LogP contribution in [0.3, 0.4) is 0 Å². The Morgan fingerprint density at radius 1 is 1.39 bits per heavy atom. The van der Waals surface area contributed by atoms with E-state index in [1.807, 2.05) is 18.5 Å². The largest absolute Gasteiger partial charge is 0.382 e. The highest BCUT2D eigenvalue weighted by Crippen LogP contribution is 2.33. The first kappa shape index (κ1) is 15.9. The fourth-order valence-corrected chi connectivity index (χ4v) is 3.06. The topological polar surface area (TPSA) is 67.1 Å². The summed E-state index contributed by atoms with van der Waals surface area (Å²) >= 11 is 0. The van der Waals surface area contributed by atoms with Crippen LogP contribution in [0.15, 0.2) is 24.5 Å². The van der Waals surface area contributed by atoms with Crippen molar-refractivity contribution < 1.29 is 5.11 Å². The van der Waals surface area contributed by atoms with Gasteiger partial charge in [0, 0.05) is 30.2 Å². The molecule has 23 heavy (non-hydrogen) atoms. The van der Waals surface area contributed by atoms with E-state index in [1.54, 1.807) is 4.68 Å². The lowest BCUT2D eigenvalue weighted by atomic mass is 9.89. The maximum atomic E-state index is 11.1. The molecule has 0 bridgehead atoms. The average Bonchev–Trinajstić information content (AvgIpc) is 3.06. The third kappa shape index (κ3) is 3.22. The zero-order chi connectivity index (χ0) is 16.4. The normalized spacial score (nSPS) is 21.9. The van der Waals surface area contributed by atoms with Gasteiger partial charge >= 0.3 is 0 Å². The first-order valence-electron chi connectivity index (χ1n) is 8.36. The highest BCUT2D eigenvalue weighted by molar-refractivity contribution is 5.48. The monoisotopic (exact) mass is 315 g/mol. The molecule has 1 unspecified atom stereocenters. The third-order valence-corrected chi connectivity index (χ3v) is 4.51. The molecule has 1 fully saturated rings. The minimum atomic E-state index is -0.943. The molecule has 0 spiro atoms. The van der Waals surface area contributed by atoms with E-state index in [0.717, 1.165) is 30.8 Å². The van der Waals surface area contributed by atoms with Crippen LogP contribution in [-0.2, 0) is 12.0 Å². The second-order valence-electron chi connectivity index (χ2n) is 6.59. The van der Waals surface area contributed by atoms with Gasteiger partial charge in [-0.15, -0.1) is 5.10 Å². The Kier molecular flexibility index (Phi) is 4.35. The fraction of sp³-hybridized carbons (Fsp3) is 0.588. The van der Waals surface area contributed by atoms with E-state index in [0.29, 0.717) is 18.7 Å². The van der Waals surface area contributed by atoms with Crippen LogP contribution in [0.25, 0.3) is 0 Å². The van der Waals surface area contributed by atoms with Crippen molar-refractivity contribution in [3.63, 3.8) is 0 Å². The highest BCUT2D eigenvalue weighted by Gasteiger charge is 2.37. The summed E-state index contributed by atoms with van der Waals surface area (Å²) in [5, 5.41) is 19.5. The van der Waals surface area contributed by atoms with Crippen LogP contribution in [0.4, 0.5) is 5.69 Å². The fourth-order valence-electron chi connectivity index (χ4n) is 3.06. The number of rotatable bonds is 4. The van der Waals surface area contributed by atoms with Gasteiger partial charge in [-0.25, -0.2) is 4.68 Å². The Morgan fingerprint density at radius 3 is 2.91 bits per heavy atom. The van der Waals surface area contributed by atoms with E-state index >= 15 is 0 Å². The van der Waals surface area contributed by atoms with Crippen LogP contribution in [0.1, 0.15) is 51.0 Å². The lowest BCUT2D eigenvalue weighted by molar-refractivity contribution is 0.0176. The van der Waals surface area contributed by atoms with Crippen molar-refractivity contribution in [1.82, 2.24) is 20.0 Å². The number of pyridine rings is 1. The molecule has 0 saturated carbocycles. The van der Waals surface area contributed by atoms with Gasteiger partial charge in [0.25, 0.3) is 0 Å². The number of β-amino-alcohol motifs (C(OH)–C–C–N with tert-alkyl or cyclic N) is 1. The average molecular weight is 315 g/mol. The van der Waals surface area contributed by atoms with Crippen LogP contribution >= 0.6 is 0 Å². The smallest absolute Gasteiger partial charge is 0.127 e. The second-order valence-corrected chi connectivity index (χ2v) is 6.59. The van der Waals surface area contributed by atoms with Crippen molar-refractivity contribution in [2.75, 3.05) is 18.0 Å². The predicted molar refractivity (Wildman–Crippen MR) is 89.4 cm³/mol. The zero-order valence-corrected chi connectivity index (χ0v) is 14.1. The molecule has 1 aliphatic rings. The van der Waals surface area contributed by atoms with Gasteiger partial charge < -0.3 is 10.0 Å². The number of aromatic nitrogens is 4. The number of aryl methyl sites for hydroxylation is 1. The predicted octanol–water partition coefficient (Wildman–Crippen LogP) is 2.30. The molecule has 0 aromatic carbocycles. The molecule has 124 valence electrons. The number of aliphatic hydroxyl groups is 1. The number of hydrogen-bond donors (Lipinski definition) is 1. The SMILES string of the molecule is CCc1cc(N2CCCC(O)(c3cn(C(C)C)nn3)C2)ccn1. The van der Waals surface area contributed by atoms with Gasteiger partial charge in [0.05, 0.1) is 12.7 Å². The van der Waals surface area contributed by atoms with E-state index in [4.69, 9.17) is 0 Å². The molecular formula is C17H25N5O. The van der Waals surface area contributed by atoms with Crippen molar-refractivity contribution in [2.45, 2.75) is 51.7 Å². The summed E-state index contributed by atoms with van der Waals surface area (Å²) in [6.07, 6.45) is 6.27. The summed E-state index contributed by atoms with van der Waals surface area (Å²) in [5.41, 5.74) is 1.91. The molecule has 2 aromatic heterocycles. The van der Waals surface area contributed by atoms with Crippen molar-refractivity contribution >= 4 is 5.69 Å². The molecular weight excluding hydrogens is 290 g/mol. The van der Waals surface area contributed by atoms with Crippen LogP contribution in [0, 0.1) is 0 Å². The zero-order valence-electron chi connectivity index (χ0n) is 14.1. The van der Waals surface area contributed by atoms with Crippen LogP contribution in [0.5, 0.6) is 0 Å². The molecule has 6 nitrogen and oxygen atoms in total. The van der Waals surface area contributed by atoms with E-state index in [9.17, 15) is 5.11 Å². The third-order valence-electron chi connectivity index (χ3n) is 4.51. The molecule has 3 heterocycles. The first-order chi connectivity index (χ1) is 11.0. The van der Waals surface area contributed by atoms with Gasteiger partial charge in [-0.3, -0.25) is 4.98 Å². The Labute approximate surface area is 137 Å². The lowest BCUT2D eigenvalue weighted by Crippen LogP contribution is -2.46.